The highest BCUT2D eigenvalue weighted by Gasteiger charge is 2.35. The summed E-state index contributed by atoms with van der Waals surface area (Å²) in [5.74, 6) is -2.06. The molecule has 96 valence electrons. The number of aromatic nitrogens is 1. The third-order valence-corrected chi connectivity index (χ3v) is 1.91. The quantitative estimate of drug-likeness (QED) is 0.615. The molecule has 0 aliphatic rings. The van der Waals surface area contributed by atoms with Crippen LogP contribution in [0, 0.1) is 28.4 Å². The van der Waals surface area contributed by atoms with E-state index in [0.717, 1.165) is 6.07 Å². The van der Waals surface area contributed by atoms with Gasteiger partial charge >= 0.3 is 12.2 Å². The summed E-state index contributed by atoms with van der Waals surface area (Å²) in [4.78, 5) is 12.9. The Balaban J connectivity index is 3.30. The first kappa shape index (κ1) is 13.7. The summed E-state index contributed by atoms with van der Waals surface area (Å²) in [6, 6.07) is 2.55. The minimum Gasteiger partial charge on any atom is -0.397 e. The second-order valence-corrected chi connectivity index (χ2v) is 3.21. The van der Waals surface area contributed by atoms with E-state index in [1.165, 1.54) is 6.92 Å². The molecule has 0 aliphatic heterocycles. The van der Waals surface area contributed by atoms with Crippen LogP contribution in [-0.4, -0.2) is 16.3 Å². The smallest absolute Gasteiger partial charge is 0.397 e. The first-order valence-corrected chi connectivity index (χ1v) is 4.52. The zero-order valence-corrected chi connectivity index (χ0v) is 8.98. The lowest BCUT2D eigenvalue weighted by atomic mass is 10.1. The topological polar surface area (TPSA) is 89.1 Å². The highest BCUT2D eigenvalue weighted by Crippen LogP contribution is 2.32. The van der Waals surface area contributed by atoms with Crippen LogP contribution in [-0.2, 0) is 6.42 Å². The van der Waals surface area contributed by atoms with E-state index in [1.807, 2.05) is 0 Å². The first-order chi connectivity index (χ1) is 8.24. The standard InChI is InChI=1S/C9H6F3N3O3/c1-5-4-7(18-9(10,11)12)8(15(16)17)14-6(5)2-3-13/h4H,2H2,1H3. The van der Waals surface area contributed by atoms with Gasteiger partial charge in [-0.25, -0.2) is 0 Å². The molecule has 0 aliphatic carbocycles. The Bertz CT molecular complexity index is 522. The van der Waals surface area contributed by atoms with Crippen molar-refractivity contribution < 1.29 is 22.8 Å². The molecule has 0 radical (unpaired) electrons. The Kier molecular flexibility index (Phi) is 3.70. The maximum absolute atomic E-state index is 12.0. The van der Waals surface area contributed by atoms with Gasteiger partial charge in [-0.15, -0.1) is 13.2 Å². The molecule has 0 saturated heterocycles. The lowest BCUT2D eigenvalue weighted by molar-refractivity contribution is -0.393. The van der Waals surface area contributed by atoms with E-state index in [1.54, 1.807) is 6.07 Å². The molecule has 0 unspecified atom stereocenters. The molecule has 0 amide bonds. The summed E-state index contributed by atoms with van der Waals surface area (Å²) in [6.07, 6.45) is -5.28. The normalized spacial score (nSPS) is 10.8. The van der Waals surface area contributed by atoms with E-state index < -0.39 is 22.9 Å². The van der Waals surface area contributed by atoms with Crippen molar-refractivity contribution in [3.63, 3.8) is 0 Å². The van der Waals surface area contributed by atoms with Crippen molar-refractivity contribution in [2.75, 3.05) is 0 Å². The lowest BCUT2D eigenvalue weighted by Gasteiger charge is -2.09. The zero-order chi connectivity index (χ0) is 13.9. The Morgan fingerprint density at radius 3 is 2.67 bits per heavy atom. The van der Waals surface area contributed by atoms with Gasteiger partial charge in [0.2, 0.25) is 5.75 Å². The van der Waals surface area contributed by atoms with Crippen LogP contribution in [0.4, 0.5) is 19.0 Å². The molecular weight excluding hydrogens is 255 g/mol. The Morgan fingerprint density at radius 1 is 1.61 bits per heavy atom. The molecule has 1 aromatic heterocycles. The minimum absolute atomic E-state index is 0.0405. The second kappa shape index (κ2) is 4.87. The Labute approximate surface area is 98.8 Å². The van der Waals surface area contributed by atoms with Crippen molar-refractivity contribution in [2.24, 2.45) is 0 Å². The van der Waals surface area contributed by atoms with E-state index in [0.29, 0.717) is 0 Å². The van der Waals surface area contributed by atoms with Gasteiger partial charge in [-0.2, -0.15) is 5.26 Å². The van der Waals surface area contributed by atoms with Gasteiger partial charge in [0.1, 0.15) is 6.42 Å². The van der Waals surface area contributed by atoms with E-state index >= 15 is 0 Å². The average Bonchev–Trinajstić information content (AvgIpc) is 2.19. The van der Waals surface area contributed by atoms with Gasteiger partial charge < -0.3 is 14.9 Å². The van der Waals surface area contributed by atoms with Crippen LogP contribution in [0.1, 0.15) is 11.3 Å². The van der Waals surface area contributed by atoms with Gasteiger partial charge in [0, 0.05) is 5.56 Å². The summed E-state index contributed by atoms with van der Waals surface area (Å²) in [5, 5.41) is 19.0. The molecule has 6 nitrogen and oxygen atoms in total. The molecular formula is C9H6F3N3O3. The Hall–Kier alpha value is -2.37. The van der Waals surface area contributed by atoms with Crippen LogP contribution in [0.3, 0.4) is 0 Å². The van der Waals surface area contributed by atoms with Crippen molar-refractivity contribution in [3.8, 4) is 11.8 Å². The number of nitriles is 1. The van der Waals surface area contributed by atoms with Crippen LogP contribution < -0.4 is 4.74 Å². The third kappa shape index (κ3) is 3.31. The maximum atomic E-state index is 12.0. The van der Waals surface area contributed by atoms with Gasteiger partial charge in [-0.05, 0) is 22.9 Å². The number of hydrogen-bond acceptors (Lipinski definition) is 5. The van der Waals surface area contributed by atoms with Crippen molar-refractivity contribution in [3.05, 3.63) is 27.4 Å². The van der Waals surface area contributed by atoms with E-state index in [9.17, 15) is 23.3 Å². The molecule has 1 aromatic rings. The molecule has 18 heavy (non-hydrogen) atoms. The van der Waals surface area contributed by atoms with Crippen molar-refractivity contribution in [1.29, 1.82) is 5.26 Å². The average molecular weight is 261 g/mol. The summed E-state index contributed by atoms with van der Waals surface area (Å²) < 4.78 is 39.6. The monoisotopic (exact) mass is 261 g/mol. The molecule has 0 atom stereocenters. The van der Waals surface area contributed by atoms with E-state index in [-0.39, 0.29) is 17.7 Å². The van der Waals surface area contributed by atoms with Gasteiger partial charge in [-0.1, -0.05) is 0 Å². The predicted octanol–water partition coefficient (Wildman–Crippen LogP) is 2.26. The minimum atomic E-state index is -5.05. The number of ether oxygens (including phenoxy) is 1. The SMILES string of the molecule is Cc1cc(OC(F)(F)F)c([N+](=O)[O-])nc1CC#N. The number of nitrogens with zero attached hydrogens (tertiary/aromatic N) is 3. The number of hydrogen-bond donors (Lipinski definition) is 0. The lowest BCUT2D eigenvalue weighted by Crippen LogP contribution is -2.18. The second-order valence-electron chi connectivity index (χ2n) is 3.21. The fourth-order valence-corrected chi connectivity index (χ4v) is 1.20. The van der Waals surface area contributed by atoms with Crippen LogP contribution in [0.15, 0.2) is 6.07 Å². The fraction of sp³-hybridized carbons (Fsp3) is 0.333. The number of alkyl halides is 3. The van der Waals surface area contributed by atoms with Crippen molar-refractivity contribution >= 4 is 5.82 Å². The van der Waals surface area contributed by atoms with Crippen LogP contribution >= 0.6 is 0 Å². The molecule has 0 spiro atoms. The predicted molar refractivity (Wildman–Crippen MR) is 51.6 cm³/mol. The molecule has 1 heterocycles. The van der Waals surface area contributed by atoms with Crippen LogP contribution in [0.2, 0.25) is 0 Å². The zero-order valence-electron chi connectivity index (χ0n) is 8.98. The van der Waals surface area contributed by atoms with Crippen molar-refractivity contribution in [2.45, 2.75) is 19.7 Å². The first-order valence-electron chi connectivity index (χ1n) is 4.52. The van der Waals surface area contributed by atoms with Crippen LogP contribution in [0.25, 0.3) is 0 Å². The molecule has 0 fully saturated rings. The molecule has 0 saturated carbocycles. The van der Waals surface area contributed by atoms with Gasteiger partial charge in [0.25, 0.3) is 0 Å². The van der Waals surface area contributed by atoms with E-state index in [4.69, 9.17) is 5.26 Å². The highest BCUT2D eigenvalue weighted by molar-refractivity contribution is 5.44. The van der Waals surface area contributed by atoms with Gasteiger partial charge in [0.15, 0.2) is 5.69 Å². The summed E-state index contributed by atoms with van der Waals surface area (Å²) >= 11 is 0. The number of aryl methyl sites for hydroxylation is 1. The molecule has 0 bridgehead atoms. The van der Waals surface area contributed by atoms with Gasteiger partial charge in [-0.3, -0.25) is 0 Å². The summed E-state index contributed by atoms with van der Waals surface area (Å²) in [7, 11) is 0. The number of rotatable bonds is 3. The van der Waals surface area contributed by atoms with E-state index in [2.05, 4.69) is 9.72 Å². The molecule has 0 aromatic carbocycles. The Morgan fingerprint density at radius 2 is 2.22 bits per heavy atom. The van der Waals surface area contributed by atoms with Crippen molar-refractivity contribution in [1.82, 2.24) is 4.98 Å². The fourth-order valence-electron chi connectivity index (χ4n) is 1.20. The third-order valence-electron chi connectivity index (χ3n) is 1.91. The number of pyridine rings is 1. The van der Waals surface area contributed by atoms with Crippen LogP contribution in [0.5, 0.6) is 5.75 Å². The van der Waals surface area contributed by atoms with Gasteiger partial charge in [0.05, 0.1) is 6.07 Å². The molecule has 9 heteroatoms. The molecule has 0 N–H and O–H groups in total. The molecule has 1 rings (SSSR count). The largest absolute Gasteiger partial charge is 0.573 e. The summed E-state index contributed by atoms with van der Waals surface area (Å²) in [6.45, 7) is 1.38. The number of halogens is 3. The number of nitro groups is 1. The maximum Gasteiger partial charge on any atom is 0.573 e. The summed E-state index contributed by atoms with van der Waals surface area (Å²) in [5.41, 5.74) is 0.250. The highest BCUT2D eigenvalue weighted by atomic mass is 19.4.